The lowest BCUT2D eigenvalue weighted by molar-refractivity contribution is 0.0334. The fourth-order valence-electron chi connectivity index (χ4n) is 4.06. The second-order valence-electron chi connectivity index (χ2n) is 8.80. The normalized spacial score (nSPS) is 15.2. The van der Waals surface area contributed by atoms with E-state index in [1.54, 1.807) is 31.4 Å². The zero-order valence-corrected chi connectivity index (χ0v) is 18.4. The van der Waals surface area contributed by atoms with Gasteiger partial charge in [-0.1, -0.05) is 6.07 Å². The van der Waals surface area contributed by atoms with Crippen molar-refractivity contribution in [1.82, 2.24) is 19.5 Å². The van der Waals surface area contributed by atoms with Crippen molar-refractivity contribution in [2.45, 2.75) is 32.9 Å². The lowest BCUT2D eigenvalue weighted by Crippen LogP contribution is -2.45. The van der Waals surface area contributed by atoms with Gasteiger partial charge in [-0.15, -0.1) is 0 Å². The van der Waals surface area contributed by atoms with Crippen LogP contribution in [0.5, 0.6) is 0 Å². The number of carboxylic acid groups (broad SMARTS) is 1. The highest BCUT2D eigenvalue weighted by atomic mass is 19.1. The van der Waals surface area contributed by atoms with Crippen LogP contribution < -0.4 is 10.6 Å². The van der Waals surface area contributed by atoms with Crippen molar-refractivity contribution >= 4 is 23.1 Å². The summed E-state index contributed by atoms with van der Waals surface area (Å²) in [5.41, 5.74) is 8.11. The molecule has 32 heavy (non-hydrogen) atoms. The molecule has 1 aromatic carbocycles. The van der Waals surface area contributed by atoms with Gasteiger partial charge in [-0.2, -0.15) is 5.10 Å². The predicted molar refractivity (Wildman–Crippen MR) is 119 cm³/mol. The average Bonchev–Trinajstić information content (AvgIpc) is 3.09. The molecule has 1 aliphatic rings. The number of nitrogen functional groups attached to an aromatic ring is 1. The summed E-state index contributed by atoms with van der Waals surface area (Å²) in [5.74, 6) is -0.348. The van der Waals surface area contributed by atoms with Gasteiger partial charge in [0.15, 0.2) is 5.82 Å². The van der Waals surface area contributed by atoms with Crippen molar-refractivity contribution in [2.24, 2.45) is 0 Å². The molecule has 0 aliphatic carbocycles. The molecule has 0 bridgehead atoms. The standard InChI is InChI=1S/C22H27FN6O3/c1-22(2,3)28(21(30)31)18-5-4-14(10-17(18)23)16-11-15(12-27-6-8-32-9-7-27)29-19(16)20(24)25-13-26-29/h4-5,10-11,13H,6-9,12H2,1-3H3,(H,30,31)(H2,24,25,26). The van der Waals surface area contributed by atoms with Crippen LogP contribution in [-0.2, 0) is 11.3 Å². The lowest BCUT2D eigenvalue weighted by Gasteiger charge is -2.33. The van der Waals surface area contributed by atoms with Gasteiger partial charge in [0.05, 0.1) is 24.6 Å². The largest absolute Gasteiger partial charge is 0.465 e. The summed E-state index contributed by atoms with van der Waals surface area (Å²) in [5, 5.41) is 14.0. The van der Waals surface area contributed by atoms with Crippen LogP contribution in [0.1, 0.15) is 26.5 Å². The van der Waals surface area contributed by atoms with Crippen LogP contribution in [0.2, 0.25) is 0 Å². The fourth-order valence-corrected chi connectivity index (χ4v) is 4.06. The Morgan fingerprint density at radius 1 is 1.28 bits per heavy atom. The number of rotatable bonds is 4. The number of carbonyl (C=O) groups is 1. The maximum atomic E-state index is 15.2. The lowest BCUT2D eigenvalue weighted by atomic mass is 10.0. The molecule has 1 fully saturated rings. The Morgan fingerprint density at radius 2 is 2.00 bits per heavy atom. The number of nitrogens with zero attached hydrogens (tertiary/aromatic N) is 5. The zero-order chi connectivity index (χ0) is 23.0. The van der Waals surface area contributed by atoms with Gasteiger partial charge in [0.2, 0.25) is 0 Å². The number of hydrogen-bond acceptors (Lipinski definition) is 6. The molecule has 9 nitrogen and oxygen atoms in total. The second-order valence-corrected chi connectivity index (χ2v) is 8.80. The van der Waals surface area contributed by atoms with Crippen molar-refractivity contribution < 1.29 is 19.0 Å². The number of ether oxygens (including phenoxy) is 1. The SMILES string of the molecule is CC(C)(C)N(C(=O)O)c1ccc(-c2cc(CN3CCOCC3)n3ncnc(N)c23)cc1F. The van der Waals surface area contributed by atoms with E-state index in [0.29, 0.717) is 36.4 Å². The summed E-state index contributed by atoms with van der Waals surface area (Å²) in [6.45, 7) is 8.75. The van der Waals surface area contributed by atoms with E-state index in [2.05, 4.69) is 15.0 Å². The number of hydrogen-bond donors (Lipinski definition) is 2. The van der Waals surface area contributed by atoms with Gasteiger partial charge >= 0.3 is 6.09 Å². The van der Waals surface area contributed by atoms with Gasteiger partial charge in [-0.05, 0) is 44.5 Å². The summed E-state index contributed by atoms with van der Waals surface area (Å²) >= 11 is 0. The minimum atomic E-state index is -1.22. The Labute approximate surface area is 185 Å². The number of anilines is 2. The number of nitrogens with two attached hydrogens (primary N) is 1. The maximum absolute atomic E-state index is 15.2. The van der Waals surface area contributed by atoms with Gasteiger partial charge in [0, 0.05) is 30.7 Å². The second kappa shape index (κ2) is 8.36. The van der Waals surface area contributed by atoms with Crippen molar-refractivity contribution in [1.29, 1.82) is 0 Å². The quantitative estimate of drug-likeness (QED) is 0.638. The summed E-state index contributed by atoms with van der Waals surface area (Å²) in [4.78, 5) is 19.2. The molecule has 2 aromatic heterocycles. The molecule has 1 amide bonds. The molecular formula is C22H27FN6O3. The van der Waals surface area contributed by atoms with E-state index in [0.717, 1.165) is 23.7 Å². The first-order chi connectivity index (χ1) is 15.2. The highest BCUT2D eigenvalue weighted by Gasteiger charge is 2.30. The van der Waals surface area contributed by atoms with Gasteiger partial charge in [0.1, 0.15) is 17.7 Å². The first-order valence-electron chi connectivity index (χ1n) is 10.4. The molecule has 1 aliphatic heterocycles. The monoisotopic (exact) mass is 442 g/mol. The van der Waals surface area contributed by atoms with E-state index >= 15 is 4.39 Å². The van der Waals surface area contributed by atoms with Crippen LogP contribution in [0.4, 0.5) is 20.7 Å². The molecular weight excluding hydrogens is 415 g/mol. The van der Waals surface area contributed by atoms with Gasteiger partial charge in [-0.25, -0.2) is 18.7 Å². The van der Waals surface area contributed by atoms with E-state index in [9.17, 15) is 9.90 Å². The third kappa shape index (κ3) is 4.11. The van der Waals surface area contributed by atoms with E-state index in [1.807, 2.05) is 6.07 Å². The van der Waals surface area contributed by atoms with Crippen molar-refractivity contribution in [3.8, 4) is 11.1 Å². The Morgan fingerprint density at radius 3 is 2.62 bits per heavy atom. The zero-order valence-electron chi connectivity index (χ0n) is 18.4. The van der Waals surface area contributed by atoms with E-state index in [4.69, 9.17) is 10.5 Å². The van der Waals surface area contributed by atoms with E-state index < -0.39 is 17.4 Å². The number of benzene rings is 1. The molecule has 3 heterocycles. The number of fused-ring (bicyclic) bond motifs is 1. The number of aromatic nitrogens is 3. The summed E-state index contributed by atoms with van der Waals surface area (Å²) in [6, 6.07) is 6.44. The Hall–Kier alpha value is -3.24. The van der Waals surface area contributed by atoms with Crippen LogP contribution >= 0.6 is 0 Å². The van der Waals surface area contributed by atoms with Crippen molar-refractivity contribution in [2.75, 3.05) is 36.9 Å². The van der Waals surface area contributed by atoms with Crippen LogP contribution in [0.25, 0.3) is 16.6 Å². The van der Waals surface area contributed by atoms with Crippen LogP contribution in [0.3, 0.4) is 0 Å². The van der Waals surface area contributed by atoms with Gasteiger partial charge in [-0.3, -0.25) is 9.80 Å². The van der Waals surface area contributed by atoms with Crippen LogP contribution in [0, 0.1) is 5.82 Å². The minimum Gasteiger partial charge on any atom is -0.465 e. The first kappa shape index (κ1) is 22.0. The Balaban J connectivity index is 1.78. The fraction of sp³-hybridized carbons (Fsp3) is 0.409. The number of amides is 1. The third-order valence-corrected chi connectivity index (χ3v) is 5.51. The molecule has 0 spiro atoms. The van der Waals surface area contributed by atoms with E-state index in [-0.39, 0.29) is 11.5 Å². The van der Waals surface area contributed by atoms with Gasteiger partial charge < -0.3 is 15.6 Å². The molecule has 3 aromatic rings. The third-order valence-electron chi connectivity index (χ3n) is 5.51. The predicted octanol–water partition coefficient (Wildman–Crippen LogP) is 3.23. The van der Waals surface area contributed by atoms with E-state index in [1.165, 1.54) is 18.5 Å². The summed E-state index contributed by atoms with van der Waals surface area (Å²) < 4.78 is 22.3. The molecule has 0 atom stereocenters. The minimum absolute atomic E-state index is 0.00460. The van der Waals surface area contributed by atoms with Crippen molar-refractivity contribution in [3.05, 3.63) is 42.1 Å². The molecule has 4 rings (SSSR count). The molecule has 0 saturated carbocycles. The Kier molecular flexibility index (Phi) is 5.74. The smallest absolute Gasteiger partial charge is 0.412 e. The maximum Gasteiger partial charge on any atom is 0.412 e. The molecule has 0 unspecified atom stereocenters. The van der Waals surface area contributed by atoms with Crippen molar-refractivity contribution in [3.63, 3.8) is 0 Å². The molecule has 3 N–H and O–H groups in total. The number of halogens is 1. The van der Waals surface area contributed by atoms with Crippen LogP contribution in [0.15, 0.2) is 30.6 Å². The molecule has 0 radical (unpaired) electrons. The highest BCUT2D eigenvalue weighted by Crippen LogP contribution is 2.35. The molecule has 10 heteroatoms. The van der Waals surface area contributed by atoms with Crippen LogP contribution in [-0.4, -0.2) is 62.5 Å². The number of morpholine rings is 1. The molecule has 170 valence electrons. The highest BCUT2D eigenvalue weighted by molar-refractivity contribution is 5.91. The Bertz CT molecular complexity index is 1150. The first-order valence-corrected chi connectivity index (χ1v) is 10.4. The summed E-state index contributed by atoms with van der Waals surface area (Å²) in [7, 11) is 0. The topological polar surface area (TPSA) is 109 Å². The summed E-state index contributed by atoms with van der Waals surface area (Å²) in [6.07, 6.45) is 0.177. The average molecular weight is 442 g/mol. The van der Waals surface area contributed by atoms with Gasteiger partial charge in [0.25, 0.3) is 0 Å². The molecule has 1 saturated heterocycles.